The minimum absolute atomic E-state index is 0.0610. The van der Waals surface area contributed by atoms with Crippen molar-refractivity contribution in [2.75, 3.05) is 5.32 Å². The van der Waals surface area contributed by atoms with Crippen LogP contribution in [-0.2, 0) is 11.2 Å². The second kappa shape index (κ2) is 6.25. The molecule has 104 valence electrons. The first-order valence-corrected chi connectivity index (χ1v) is 6.71. The fraction of sp³-hybridized carbons (Fsp3) is 0.133. The molecule has 0 aliphatic rings. The Labute approximate surface area is 126 Å². The Morgan fingerprint density at radius 3 is 2.60 bits per heavy atom. The van der Waals surface area contributed by atoms with Crippen LogP contribution in [0.4, 0.5) is 10.1 Å². The van der Waals surface area contributed by atoms with Crippen LogP contribution < -0.4 is 5.32 Å². The van der Waals surface area contributed by atoms with E-state index in [4.69, 9.17) is 23.2 Å². The zero-order chi connectivity index (χ0) is 14.7. The normalized spacial score (nSPS) is 10.4. The molecule has 0 heterocycles. The average Bonchev–Trinajstić information content (AvgIpc) is 2.37. The molecule has 2 aromatic carbocycles. The fourth-order valence-corrected chi connectivity index (χ4v) is 2.05. The van der Waals surface area contributed by atoms with Gasteiger partial charge in [0.05, 0.1) is 6.42 Å². The first-order chi connectivity index (χ1) is 9.45. The number of aryl methyl sites for hydroxylation is 1. The standard InChI is InChI=1S/C15H12Cl2FNO/c1-9-2-5-12(8-13(9)17)19-15(20)6-10-3-4-11(16)7-14(10)18/h2-5,7-8H,6H2,1H3,(H,19,20). The maximum Gasteiger partial charge on any atom is 0.228 e. The van der Waals surface area contributed by atoms with Gasteiger partial charge in [-0.3, -0.25) is 4.79 Å². The Bertz CT molecular complexity index is 658. The van der Waals surface area contributed by atoms with E-state index in [-0.39, 0.29) is 12.3 Å². The smallest absolute Gasteiger partial charge is 0.228 e. The number of benzene rings is 2. The Morgan fingerprint density at radius 1 is 1.20 bits per heavy atom. The summed E-state index contributed by atoms with van der Waals surface area (Å²) in [7, 11) is 0. The highest BCUT2D eigenvalue weighted by molar-refractivity contribution is 6.31. The largest absolute Gasteiger partial charge is 0.326 e. The molecule has 0 aliphatic carbocycles. The summed E-state index contributed by atoms with van der Waals surface area (Å²) in [4.78, 5) is 11.9. The minimum atomic E-state index is -0.491. The summed E-state index contributed by atoms with van der Waals surface area (Å²) in [5.41, 5.74) is 1.80. The van der Waals surface area contributed by atoms with Gasteiger partial charge >= 0.3 is 0 Å². The molecule has 2 nitrogen and oxygen atoms in total. The minimum Gasteiger partial charge on any atom is -0.326 e. The summed E-state index contributed by atoms with van der Waals surface area (Å²) in [5.74, 6) is -0.805. The van der Waals surface area contributed by atoms with Crippen molar-refractivity contribution in [3.8, 4) is 0 Å². The van der Waals surface area contributed by atoms with Crippen LogP contribution in [0, 0.1) is 12.7 Å². The van der Waals surface area contributed by atoms with Crippen LogP contribution in [-0.4, -0.2) is 5.91 Å². The number of halogens is 3. The van der Waals surface area contributed by atoms with Crippen LogP contribution in [0.25, 0.3) is 0 Å². The van der Waals surface area contributed by atoms with Gasteiger partial charge in [0.15, 0.2) is 0 Å². The molecule has 0 aromatic heterocycles. The predicted molar refractivity (Wildman–Crippen MR) is 79.9 cm³/mol. The van der Waals surface area contributed by atoms with Gasteiger partial charge < -0.3 is 5.32 Å². The van der Waals surface area contributed by atoms with Crippen molar-refractivity contribution < 1.29 is 9.18 Å². The summed E-state index contributed by atoms with van der Waals surface area (Å²) in [6.07, 6.45) is -0.0610. The van der Waals surface area contributed by atoms with Crippen LogP contribution in [0.1, 0.15) is 11.1 Å². The lowest BCUT2D eigenvalue weighted by Gasteiger charge is -2.07. The Balaban J connectivity index is 2.07. The van der Waals surface area contributed by atoms with Gasteiger partial charge in [-0.05, 0) is 42.3 Å². The topological polar surface area (TPSA) is 29.1 Å². The summed E-state index contributed by atoms with van der Waals surface area (Å²) in [6.45, 7) is 1.87. The van der Waals surface area contributed by atoms with E-state index in [0.717, 1.165) is 5.56 Å². The van der Waals surface area contributed by atoms with E-state index in [1.807, 2.05) is 6.92 Å². The first kappa shape index (κ1) is 14.8. The van der Waals surface area contributed by atoms with E-state index >= 15 is 0 Å². The number of carbonyl (C=O) groups excluding carboxylic acids is 1. The second-order valence-corrected chi connectivity index (χ2v) is 5.27. The van der Waals surface area contributed by atoms with Gasteiger partial charge in [0.25, 0.3) is 0 Å². The molecular weight excluding hydrogens is 300 g/mol. The van der Waals surface area contributed by atoms with E-state index < -0.39 is 5.82 Å². The SMILES string of the molecule is Cc1ccc(NC(=O)Cc2ccc(Cl)cc2F)cc1Cl. The molecule has 2 aromatic rings. The Morgan fingerprint density at radius 2 is 1.95 bits per heavy atom. The van der Waals surface area contributed by atoms with Crippen LogP contribution >= 0.6 is 23.2 Å². The van der Waals surface area contributed by atoms with Gasteiger partial charge in [-0.1, -0.05) is 35.3 Å². The van der Waals surface area contributed by atoms with Gasteiger partial charge in [0.2, 0.25) is 5.91 Å². The van der Waals surface area contributed by atoms with Gasteiger partial charge in [-0.15, -0.1) is 0 Å². The molecule has 0 saturated heterocycles. The summed E-state index contributed by atoms with van der Waals surface area (Å²) >= 11 is 11.6. The van der Waals surface area contributed by atoms with Crippen LogP contribution in [0.3, 0.4) is 0 Å². The van der Waals surface area contributed by atoms with Crippen molar-refractivity contribution in [1.82, 2.24) is 0 Å². The lowest BCUT2D eigenvalue weighted by Crippen LogP contribution is -2.15. The van der Waals surface area contributed by atoms with E-state index in [2.05, 4.69) is 5.32 Å². The fourth-order valence-electron chi connectivity index (χ4n) is 1.71. The summed E-state index contributed by atoms with van der Waals surface area (Å²) < 4.78 is 13.6. The lowest BCUT2D eigenvalue weighted by molar-refractivity contribution is -0.115. The number of hydrogen-bond donors (Lipinski definition) is 1. The quantitative estimate of drug-likeness (QED) is 0.880. The molecule has 1 N–H and O–H groups in total. The molecule has 0 unspecified atom stereocenters. The van der Waals surface area contributed by atoms with Crippen LogP contribution in [0.5, 0.6) is 0 Å². The monoisotopic (exact) mass is 311 g/mol. The molecule has 0 aliphatic heterocycles. The van der Waals surface area contributed by atoms with Crippen molar-refractivity contribution >= 4 is 34.8 Å². The third-order valence-corrected chi connectivity index (χ3v) is 3.46. The van der Waals surface area contributed by atoms with Crippen molar-refractivity contribution in [3.63, 3.8) is 0 Å². The van der Waals surface area contributed by atoms with E-state index in [0.29, 0.717) is 21.3 Å². The van der Waals surface area contributed by atoms with Gasteiger partial charge in [0.1, 0.15) is 5.82 Å². The van der Waals surface area contributed by atoms with Crippen molar-refractivity contribution in [2.45, 2.75) is 13.3 Å². The molecule has 1 amide bonds. The van der Waals surface area contributed by atoms with Gasteiger partial charge in [-0.25, -0.2) is 4.39 Å². The summed E-state index contributed by atoms with van der Waals surface area (Å²) in [6, 6.07) is 9.45. The molecular formula is C15H12Cl2FNO. The van der Waals surface area contributed by atoms with Crippen molar-refractivity contribution in [2.24, 2.45) is 0 Å². The molecule has 2 rings (SSSR count). The van der Waals surface area contributed by atoms with Gasteiger partial charge in [0, 0.05) is 15.7 Å². The first-order valence-electron chi connectivity index (χ1n) is 5.95. The molecule has 0 radical (unpaired) electrons. The average molecular weight is 312 g/mol. The molecule has 20 heavy (non-hydrogen) atoms. The highest BCUT2D eigenvalue weighted by Crippen LogP contribution is 2.20. The van der Waals surface area contributed by atoms with Crippen LogP contribution in [0.15, 0.2) is 36.4 Å². The molecule has 0 saturated carbocycles. The van der Waals surface area contributed by atoms with E-state index in [1.54, 1.807) is 24.3 Å². The molecule has 0 bridgehead atoms. The second-order valence-electron chi connectivity index (χ2n) is 4.42. The number of anilines is 1. The molecule has 0 atom stereocenters. The maximum absolute atomic E-state index is 13.6. The number of amides is 1. The third kappa shape index (κ3) is 3.71. The number of carbonyl (C=O) groups is 1. The highest BCUT2D eigenvalue weighted by atomic mass is 35.5. The van der Waals surface area contributed by atoms with E-state index in [1.165, 1.54) is 12.1 Å². The Kier molecular flexibility index (Phi) is 4.63. The number of nitrogens with one attached hydrogen (secondary N) is 1. The zero-order valence-corrected chi connectivity index (χ0v) is 12.2. The molecule has 5 heteroatoms. The van der Waals surface area contributed by atoms with Crippen molar-refractivity contribution in [3.05, 3.63) is 63.4 Å². The Hall–Kier alpha value is -1.58. The molecule has 0 spiro atoms. The third-order valence-electron chi connectivity index (χ3n) is 2.82. The predicted octanol–water partition coefficient (Wildman–Crippen LogP) is 4.62. The highest BCUT2D eigenvalue weighted by Gasteiger charge is 2.09. The maximum atomic E-state index is 13.6. The zero-order valence-electron chi connectivity index (χ0n) is 10.7. The molecule has 0 fully saturated rings. The number of rotatable bonds is 3. The van der Waals surface area contributed by atoms with E-state index in [9.17, 15) is 9.18 Å². The number of hydrogen-bond acceptors (Lipinski definition) is 1. The summed E-state index contributed by atoms with van der Waals surface area (Å²) in [5, 5.41) is 3.55. The van der Waals surface area contributed by atoms with Gasteiger partial charge in [-0.2, -0.15) is 0 Å². The van der Waals surface area contributed by atoms with Crippen LogP contribution in [0.2, 0.25) is 10.0 Å². The lowest BCUT2D eigenvalue weighted by atomic mass is 10.1. The van der Waals surface area contributed by atoms with Crippen molar-refractivity contribution in [1.29, 1.82) is 0 Å².